The van der Waals surface area contributed by atoms with Crippen molar-refractivity contribution in [2.75, 3.05) is 6.61 Å². The highest BCUT2D eigenvalue weighted by Gasteiger charge is 2.23. The van der Waals surface area contributed by atoms with Crippen molar-refractivity contribution < 1.29 is 23.1 Å². The van der Waals surface area contributed by atoms with Crippen LogP contribution in [-0.2, 0) is 33.1 Å². The second-order valence-corrected chi connectivity index (χ2v) is 10.7. The number of aromatic hydroxyl groups is 1. The zero-order valence-electron chi connectivity index (χ0n) is 21.2. The van der Waals surface area contributed by atoms with Crippen LogP contribution in [0.1, 0.15) is 47.1 Å². The van der Waals surface area contributed by atoms with E-state index in [9.17, 15) is 18.3 Å². The lowest BCUT2D eigenvalue weighted by Crippen LogP contribution is -2.24. The molecule has 0 fully saturated rings. The van der Waals surface area contributed by atoms with Crippen molar-refractivity contribution >= 4 is 27.0 Å². The maximum Gasteiger partial charge on any atom is 0.306 e. The number of hydrogen-bond acceptors (Lipinski definition) is 7. The van der Waals surface area contributed by atoms with Gasteiger partial charge < -0.3 is 9.84 Å². The Labute approximate surface area is 216 Å². The number of fused-ring (bicyclic) bond motifs is 1. The van der Waals surface area contributed by atoms with Gasteiger partial charge in [0.2, 0.25) is 10.0 Å². The second-order valence-electron chi connectivity index (χ2n) is 8.96. The number of benzene rings is 3. The van der Waals surface area contributed by atoms with Crippen molar-refractivity contribution in [2.24, 2.45) is 7.05 Å². The number of nitrogens with zero attached hydrogens (tertiary/aromatic N) is 3. The van der Waals surface area contributed by atoms with E-state index >= 15 is 0 Å². The molecule has 1 aromatic heterocycles. The van der Waals surface area contributed by atoms with Crippen LogP contribution in [0.2, 0.25) is 0 Å². The number of esters is 1. The first-order valence-electron chi connectivity index (χ1n) is 11.9. The van der Waals surface area contributed by atoms with Crippen LogP contribution in [-0.4, -0.2) is 41.1 Å². The Hall–Kier alpha value is -3.76. The zero-order valence-corrected chi connectivity index (χ0v) is 22.0. The Morgan fingerprint density at radius 2 is 1.84 bits per heavy atom. The van der Waals surface area contributed by atoms with Gasteiger partial charge >= 0.3 is 5.97 Å². The Kier molecular flexibility index (Phi) is 7.60. The van der Waals surface area contributed by atoms with Crippen LogP contribution < -0.4 is 4.72 Å². The summed E-state index contributed by atoms with van der Waals surface area (Å²) < 4.78 is 35.3. The van der Waals surface area contributed by atoms with Crippen molar-refractivity contribution in [2.45, 2.75) is 44.6 Å². The Bertz CT molecular complexity index is 1560. The molecule has 4 aromatic rings. The lowest BCUT2D eigenvalue weighted by Gasteiger charge is -2.20. The third-order valence-corrected chi connectivity index (χ3v) is 7.95. The van der Waals surface area contributed by atoms with Gasteiger partial charge in [-0.25, -0.2) is 17.8 Å². The van der Waals surface area contributed by atoms with E-state index in [1.54, 1.807) is 57.3 Å². The number of carbonyl (C=O) groups excluding carboxylic acids is 1. The number of phenolic OH excluding ortho intramolecular Hbond substituents is 1. The summed E-state index contributed by atoms with van der Waals surface area (Å²) in [4.78, 5) is 12.8. The summed E-state index contributed by atoms with van der Waals surface area (Å²) in [5, 5.41) is 18.8. The minimum absolute atomic E-state index is 0.00665. The Morgan fingerprint density at radius 1 is 1.08 bits per heavy atom. The summed E-state index contributed by atoms with van der Waals surface area (Å²) in [5.41, 5.74) is 4.79. The number of phenols is 1. The van der Waals surface area contributed by atoms with Gasteiger partial charge in [0.15, 0.2) is 0 Å². The van der Waals surface area contributed by atoms with Gasteiger partial charge in [0, 0.05) is 19.5 Å². The molecule has 2 N–H and O–H groups in total. The van der Waals surface area contributed by atoms with E-state index in [2.05, 4.69) is 15.0 Å². The largest absolute Gasteiger partial charge is 0.506 e. The minimum atomic E-state index is -3.72. The molecule has 0 saturated carbocycles. The van der Waals surface area contributed by atoms with Gasteiger partial charge in [-0.05, 0) is 66.8 Å². The van der Waals surface area contributed by atoms with Crippen molar-refractivity contribution in [1.82, 2.24) is 19.7 Å². The molecule has 0 aliphatic heterocycles. The summed E-state index contributed by atoms with van der Waals surface area (Å²) in [7, 11) is -2.03. The van der Waals surface area contributed by atoms with Crippen molar-refractivity contribution in [1.29, 1.82) is 0 Å². The third-order valence-electron chi connectivity index (χ3n) is 6.39. The fraction of sp³-hybridized carbons (Fsp3) is 0.296. The quantitative estimate of drug-likeness (QED) is 0.320. The summed E-state index contributed by atoms with van der Waals surface area (Å²) >= 11 is 0. The van der Waals surface area contributed by atoms with Crippen LogP contribution in [0.4, 0.5) is 0 Å². The molecule has 1 unspecified atom stereocenters. The zero-order chi connectivity index (χ0) is 26.7. The van der Waals surface area contributed by atoms with E-state index in [4.69, 9.17) is 4.74 Å². The summed E-state index contributed by atoms with van der Waals surface area (Å²) in [6.45, 7) is 5.73. The van der Waals surface area contributed by atoms with Gasteiger partial charge in [-0.1, -0.05) is 41.6 Å². The monoisotopic (exact) mass is 522 g/mol. The van der Waals surface area contributed by atoms with E-state index in [1.807, 2.05) is 25.1 Å². The summed E-state index contributed by atoms with van der Waals surface area (Å²) in [6.07, 6.45) is 0.0382. The lowest BCUT2D eigenvalue weighted by atomic mass is 9.86. The topological polar surface area (TPSA) is 123 Å². The molecule has 10 heteroatoms. The van der Waals surface area contributed by atoms with Crippen LogP contribution in [0.15, 0.2) is 59.5 Å². The molecule has 0 bridgehead atoms. The minimum Gasteiger partial charge on any atom is -0.506 e. The standard InChI is InChI=1S/C27H30N4O5S/c1-5-36-26(33)15-22(20-13-23-27(24(32)14-20)31(4)30-29-23)19-11-10-17(2)21(12-19)16-28-37(34,35)25-9-7-6-8-18(25)3/h6-14,22,28,32H,5,15-16H2,1-4H3. The molecule has 0 spiro atoms. The molecule has 0 aliphatic rings. The highest BCUT2D eigenvalue weighted by molar-refractivity contribution is 7.89. The number of hydrogen-bond donors (Lipinski definition) is 2. The van der Waals surface area contributed by atoms with Crippen molar-refractivity contribution in [3.63, 3.8) is 0 Å². The molecule has 3 aromatic carbocycles. The number of ether oxygens (including phenoxy) is 1. The maximum absolute atomic E-state index is 12.9. The maximum atomic E-state index is 12.9. The van der Waals surface area contributed by atoms with Crippen molar-refractivity contribution in [3.8, 4) is 5.75 Å². The normalized spacial score (nSPS) is 12.5. The van der Waals surface area contributed by atoms with E-state index in [1.165, 1.54) is 4.68 Å². The molecule has 37 heavy (non-hydrogen) atoms. The fourth-order valence-electron chi connectivity index (χ4n) is 4.42. The Balaban J connectivity index is 1.70. The van der Waals surface area contributed by atoms with Crippen LogP contribution in [0.3, 0.4) is 0 Å². The highest BCUT2D eigenvalue weighted by atomic mass is 32.2. The van der Waals surface area contributed by atoms with Crippen LogP contribution >= 0.6 is 0 Å². The van der Waals surface area contributed by atoms with Gasteiger partial charge in [-0.3, -0.25) is 4.79 Å². The molecule has 0 radical (unpaired) electrons. The number of carbonyl (C=O) groups is 1. The molecule has 1 atom stereocenters. The van der Waals surface area contributed by atoms with E-state index in [0.29, 0.717) is 22.2 Å². The van der Waals surface area contributed by atoms with Gasteiger partial charge in [0.05, 0.1) is 17.9 Å². The molecule has 1 heterocycles. The third kappa shape index (κ3) is 5.65. The highest BCUT2D eigenvalue weighted by Crippen LogP contribution is 2.35. The van der Waals surface area contributed by atoms with Crippen LogP contribution in [0.5, 0.6) is 5.75 Å². The van der Waals surface area contributed by atoms with Crippen LogP contribution in [0, 0.1) is 13.8 Å². The number of aryl methyl sites for hydroxylation is 3. The molecular formula is C27H30N4O5S. The SMILES string of the molecule is CCOC(=O)CC(c1ccc(C)c(CNS(=O)(=O)c2ccccc2C)c1)c1cc(O)c2c(c1)nnn2C. The first kappa shape index (κ1) is 26.3. The molecule has 4 rings (SSSR count). The second kappa shape index (κ2) is 10.7. The number of nitrogens with one attached hydrogen (secondary N) is 1. The summed E-state index contributed by atoms with van der Waals surface area (Å²) in [6, 6.07) is 15.9. The number of aromatic nitrogens is 3. The van der Waals surface area contributed by atoms with E-state index in [-0.39, 0.29) is 36.2 Å². The number of rotatable bonds is 9. The first-order chi connectivity index (χ1) is 17.6. The van der Waals surface area contributed by atoms with Crippen molar-refractivity contribution in [3.05, 3.63) is 82.4 Å². The smallest absolute Gasteiger partial charge is 0.306 e. The van der Waals surface area contributed by atoms with E-state index < -0.39 is 15.9 Å². The molecular weight excluding hydrogens is 492 g/mol. The fourth-order valence-corrected chi connectivity index (χ4v) is 5.67. The average molecular weight is 523 g/mol. The van der Waals surface area contributed by atoms with Gasteiger partial charge in [-0.15, -0.1) is 5.10 Å². The first-order valence-corrected chi connectivity index (χ1v) is 13.4. The van der Waals surface area contributed by atoms with Gasteiger partial charge in [0.25, 0.3) is 0 Å². The molecule has 194 valence electrons. The lowest BCUT2D eigenvalue weighted by molar-refractivity contribution is -0.143. The van der Waals surface area contributed by atoms with E-state index in [0.717, 1.165) is 16.7 Å². The Morgan fingerprint density at radius 3 is 2.57 bits per heavy atom. The van der Waals surface area contributed by atoms with Crippen LogP contribution in [0.25, 0.3) is 11.0 Å². The molecule has 0 amide bonds. The summed E-state index contributed by atoms with van der Waals surface area (Å²) in [5.74, 6) is -0.829. The molecule has 9 nitrogen and oxygen atoms in total. The van der Waals surface area contributed by atoms with Gasteiger partial charge in [0.1, 0.15) is 16.8 Å². The predicted octanol–water partition coefficient (Wildman–Crippen LogP) is 3.85. The molecule has 0 saturated heterocycles. The number of sulfonamides is 1. The predicted molar refractivity (Wildman–Crippen MR) is 140 cm³/mol. The average Bonchev–Trinajstić information content (AvgIpc) is 3.23. The van der Waals surface area contributed by atoms with Gasteiger partial charge in [-0.2, -0.15) is 0 Å². The molecule has 0 aliphatic carbocycles.